The van der Waals surface area contributed by atoms with Crippen molar-refractivity contribution in [3.8, 4) is 34.7 Å². The first-order valence-corrected chi connectivity index (χ1v) is 14.5. The van der Waals surface area contributed by atoms with Crippen molar-refractivity contribution in [2.45, 2.75) is 38.5 Å². The molecule has 6 rings (SSSR count). The van der Waals surface area contributed by atoms with E-state index in [1.807, 2.05) is 4.90 Å². The lowest BCUT2D eigenvalue weighted by Crippen LogP contribution is -2.36. The van der Waals surface area contributed by atoms with Gasteiger partial charge >= 0.3 is 6.18 Å². The number of hydrogen-bond acceptors (Lipinski definition) is 8. The van der Waals surface area contributed by atoms with Crippen LogP contribution in [0.1, 0.15) is 51.9 Å². The lowest BCUT2D eigenvalue weighted by atomic mass is 9.97. The molecule has 10 nitrogen and oxygen atoms in total. The molecule has 4 heterocycles. The predicted molar refractivity (Wildman–Crippen MR) is 160 cm³/mol. The summed E-state index contributed by atoms with van der Waals surface area (Å²) in [5.41, 5.74) is 1.77. The number of unbranched alkanes of at least 4 members (excludes halogenated alkanes) is 1. The molecule has 2 aliphatic heterocycles. The maximum atomic E-state index is 14.3. The number of alkyl halides is 3. The largest absolute Gasteiger partial charge is 0.416 e. The highest BCUT2D eigenvalue weighted by molar-refractivity contribution is 6.10. The first-order valence-electron chi connectivity index (χ1n) is 14.5. The van der Waals surface area contributed by atoms with Gasteiger partial charge in [0.15, 0.2) is 5.82 Å². The van der Waals surface area contributed by atoms with Gasteiger partial charge in [0.05, 0.1) is 29.8 Å². The smallest absolute Gasteiger partial charge is 0.370 e. The van der Waals surface area contributed by atoms with E-state index in [0.29, 0.717) is 65.4 Å². The van der Waals surface area contributed by atoms with Crippen molar-refractivity contribution in [3.63, 3.8) is 0 Å². The average Bonchev–Trinajstić information content (AvgIpc) is 3.58. The third kappa shape index (κ3) is 5.95. The lowest BCUT2D eigenvalue weighted by Gasteiger charge is -2.31. The van der Waals surface area contributed by atoms with Crippen LogP contribution in [0, 0.1) is 22.7 Å². The topological polar surface area (TPSA) is 127 Å². The summed E-state index contributed by atoms with van der Waals surface area (Å²) in [7, 11) is 1.78. The van der Waals surface area contributed by atoms with E-state index < -0.39 is 17.6 Å². The van der Waals surface area contributed by atoms with Gasteiger partial charge < -0.3 is 9.88 Å². The minimum Gasteiger partial charge on any atom is -0.370 e. The molecule has 1 N–H and O–H groups in total. The zero-order valence-corrected chi connectivity index (χ0v) is 24.4. The molecule has 0 radical (unpaired) electrons. The number of hydrogen-bond donors (Lipinski definition) is 1. The van der Waals surface area contributed by atoms with E-state index in [1.54, 1.807) is 54.3 Å². The number of nitrogens with one attached hydrogen (secondary N) is 1. The van der Waals surface area contributed by atoms with Crippen molar-refractivity contribution in [1.82, 2.24) is 24.6 Å². The number of nitrogens with zero attached hydrogens (tertiary/aromatic N) is 8. The van der Waals surface area contributed by atoms with Gasteiger partial charge in [-0.2, -0.15) is 23.7 Å². The number of anilines is 2. The van der Waals surface area contributed by atoms with Gasteiger partial charge in [-0.25, -0.2) is 4.98 Å². The second-order valence-electron chi connectivity index (χ2n) is 11.1. The van der Waals surface area contributed by atoms with Crippen molar-refractivity contribution in [3.05, 3.63) is 76.6 Å². The number of rotatable bonds is 9. The SMILES string of the molecule is Cn1cnnc1-c1ccc(C#N)cc1-c1cc(NCCCC#N)nc(N2Cc3c(cc(CN4CCC4)cc3C(F)(F)F)C2=O)c1. The Morgan fingerprint density at radius 1 is 1.04 bits per heavy atom. The van der Waals surface area contributed by atoms with E-state index in [-0.39, 0.29) is 23.5 Å². The van der Waals surface area contributed by atoms with E-state index in [1.165, 1.54) is 4.90 Å². The van der Waals surface area contributed by atoms with Crippen molar-refractivity contribution in [2.24, 2.45) is 7.05 Å². The Kier molecular flexibility index (Phi) is 7.96. The van der Waals surface area contributed by atoms with E-state index in [4.69, 9.17) is 5.26 Å². The molecule has 0 aliphatic carbocycles. The first kappa shape index (κ1) is 29.8. The lowest BCUT2D eigenvalue weighted by molar-refractivity contribution is -0.138. The van der Waals surface area contributed by atoms with Crippen LogP contribution in [0.25, 0.3) is 22.5 Å². The van der Waals surface area contributed by atoms with Gasteiger partial charge in [0.1, 0.15) is 18.0 Å². The summed E-state index contributed by atoms with van der Waals surface area (Å²) in [5.74, 6) is 0.482. The highest BCUT2D eigenvalue weighted by Gasteiger charge is 2.41. The molecule has 1 saturated heterocycles. The number of likely N-dealkylation sites (tertiary alicyclic amines) is 1. The third-order valence-corrected chi connectivity index (χ3v) is 8.03. The molecule has 0 atom stereocenters. The van der Waals surface area contributed by atoms with E-state index in [0.717, 1.165) is 25.6 Å². The number of aryl methyl sites for hydroxylation is 1. The molecule has 13 heteroatoms. The van der Waals surface area contributed by atoms with Crippen LogP contribution in [0.5, 0.6) is 0 Å². The zero-order valence-electron chi connectivity index (χ0n) is 24.4. The summed E-state index contributed by atoms with van der Waals surface area (Å²) < 4.78 is 44.7. The summed E-state index contributed by atoms with van der Waals surface area (Å²) in [4.78, 5) is 21.8. The molecule has 0 unspecified atom stereocenters. The molecule has 0 spiro atoms. The number of amides is 1. The number of carbonyl (C=O) groups excluding carboxylic acids is 1. The van der Waals surface area contributed by atoms with Crippen molar-refractivity contribution in [1.29, 1.82) is 10.5 Å². The molecule has 45 heavy (non-hydrogen) atoms. The first-order chi connectivity index (χ1) is 21.7. The van der Waals surface area contributed by atoms with Gasteiger partial charge in [-0.05, 0) is 90.6 Å². The minimum absolute atomic E-state index is 0.0160. The monoisotopic (exact) mass is 611 g/mol. The molecule has 0 bridgehead atoms. The number of aromatic nitrogens is 4. The Bertz CT molecular complexity index is 1870. The molecular formula is C32H28F3N9O. The van der Waals surface area contributed by atoms with E-state index >= 15 is 0 Å². The summed E-state index contributed by atoms with van der Waals surface area (Å²) in [5, 5.41) is 30.0. The predicted octanol–water partition coefficient (Wildman–Crippen LogP) is 5.52. The Hall–Kier alpha value is -5.27. The maximum Gasteiger partial charge on any atom is 0.416 e. The molecule has 4 aromatic rings. The van der Waals surface area contributed by atoms with Gasteiger partial charge in [0.25, 0.3) is 5.91 Å². The number of benzene rings is 2. The van der Waals surface area contributed by atoms with Gasteiger partial charge in [0.2, 0.25) is 0 Å². The Labute approximate surface area is 257 Å². The van der Waals surface area contributed by atoms with Gasteiger partial charge in [-0.3, -0.25) is 14.6 Å². The second-order valence-corrected chi connectivity index (χ2v) is 11.1. The van der Waals surface area contributed by atoms with Crippen molar-refractivity contribution in [2.75, 3.05) is 29.9 Å². The van der Waals surface area contributed by atoms with Crippen LogP contribution >= 0.6 is 0 Å². The van der Waals surface area contributed by atoms with Crippen LogP contribution in [0.3, 0.4) is 0 Å². The van der Waals surface area contributed by atoms with E-state index in [9.17, 15) is 23.2 Å². The maximum absolute atomic E-state index is 14.3. The highest BCUT2D eigenvalue weighted by Crippen LogP contribution is 2.41. The average molecular weight is 612 g/mol. The van der Waals surface area contributed by atoms with Crippen molar-refractivity contribution < 1.29 is 18.0 Å². The molecule has 2 aromatic heterocycles. The number of pyridine rings is 1. The van der Waals surface area contributed by atoms with Crippen LogP contribution in [0.4, 0.5) is 24.8 Å². The van der Waals surface area contributed by atoms with Crippen LogP contribution in [-0.4, -0.2) is 50.2 Å². The number of halogens is 3. The normalized spacial score (nSPS) is 14.5. The Morgan fingerprint density at radius 3 is 2.53 bits per heavy atom. The number of nitriles is 2. The summed E-state index contributed by atoms with van der Waals surface area (Å²) >= 11 is 0. The van der Waals surface area contributed by atoms with Crippen LogP contribution in [0.15, 0.2) is 48.8 Å². The third-order valence-electron chi connectivity index (χ3n) is 8.03. The van der Waals surface area contributed by atoms with Crippen LogP contribution in [-0.2, 0) is 26.3 Å². The molecule has 2 aliphatic rings. The molecule has 1 amide bonds. The number of carbonyl (C=O) groups is 1. The second kappa shape index (κ2) is 12.0. The quantitative estimate of drug-likeness (QED) is 0.245. The number of fused-ring (bicyclic) bond motifs is 1. The fraction of sp³-hybridized carbons (Fsp3) is 0.312. The van der Waals surface area contributed by atoms with Crippen molar-refractivity contribution >= 4 is 17.5 Å². The molecule has 228 valence electrons. The van der Waals surface area contributed by atoms with Crippen LogP contribution < -0.4 is 10.2 Å². The van der Waals surface area contributed by atoms with E-state index in [2.05, 4.69) is 32.6 Å². The molecular weight excluding hydrogens is 583 g/mol. The molecule has 0 saturated carbocycles. The summed E-state index contributed by atoms with van der Waals surface area (Å²) in [6, 6.07) is 15.4. The van der Waals surface area contributed by atoms with Gasteiger partial charge in [-0.1, -0.05) is 0 Å². The Morgan fingerprint density at radius 2 is 1.87 bits per heavy atom. The highest BCUT2D eigenvalue weighted by atomic mass is 19.4. The standard InChI is InChI=1S/C32H28F3N9O/c1-42-19-39-41-30(42)23-6-5-20(16-37)11-24(23)22-14-28(38-8-3-2-7-36)40-29(15-22)44-18-26-25(31(44)45)12-21(17-43-9-4-10-43)13-27(26)32(33,34)35/h5-6,11-15,19H,2-4,8-10,17-18H2,1H3,(H,38,40). The molecule has 1 fully saturated rings. The molecule has 2 aromatic carbocycles. The summed E-state index contributed by atoms with van der Waals surface area (Å²) in [6.07, 6.45) is -1.24. The van der Waals surface area contributed by atoms with Gasteiger partial charge in [0, 0.05) is 37.7 Å². The minimum atomic E-state index is -4.64. The fourth-order valence-electron chi connectivity index (χ4n) is 5.65. The Balaban J connectivity index is 1.45. The zero-order chi connectivity index (χ0) is 31.7. The fourth-order valence-corrected chi connectivity index (χ4v) is 5.65. The van der Waals surface area contributed by atoms with Gasteiger partial charge in [-0.15, -0.1) is 10.2 Å². The summed E-state index contributed by atoms with van der Waals surface area (Å²) in [6.45, 7) is 2.06. The van der Waals surface area contributed by atoms with Crippen LogP contribution in [0.2, 0.25) is 0 Å².